The van der Waals surface area contributed by atoms with E-state index in [0.29, 0.717) is 37.4 Å². The molecule has 54 heavy (non-hydrogen) atoms. The number of nitrogens with one attached hydrogen (secondary N) is 3. The third-order valence-corrected chi connectivity index (χ3v) is 13.6. The number of thiazole rings is 1. The van der Waals surface area contributed by atoms with Crippen molar-refractivity contribution >= 4 is 44.2 Å². The standard InChI is InChI=1S/C41H51N5O6S2/c1-40(2,3)52-31-23-33-36(47)44-41(38(49)45-54(50,51)32-21-22-32)24-30(41)20-14-6-4-5-9-19-29(37(48)46(33)26-31)25-42-39-43-34(27-15-10-7-11-16-27)35(53-39)28-17-12-8-13-18-28/h7-8,10-18,20,29-33H,4-6,9,19,21-26H2,1-3H3,(H,42,43)(H,44,47)(H,45,49)/b20-14-/t29?,30-,31-,33+,41-/m1/s1. The second-order valence-corrected chi connectivity index (χ2v) is 19.1. The average molecular weight is 774 g/mol. The number of aromatic nitrogens is 1. The van der Waals surface area contributed by atoms with Crippen LogP contribution in [0.3, 0.4) is 0 Å². The van der Waals surface area contributed by atoms with Crippen molar-refractivity contribution in [3.05, 3.63) is 72.8 Å². The Balaban J connectivity index is 1.15. The van der Waals surface area contributed by atoms with E-state index in [1.807, 2.05) is 81.5 Å². The van der Waals surface area contributed by atoms with Gasteiger partial charge in [0.05, 0.1) is 33.4 Å². The first kappa shape index (κ1) is 38.2. The molecule has 3 aromatic rings. The Morgan fingerprint density at radius 1 is 1.00 bits per heavy atom. The number of benzene rings is 2. The van der Waals surface area contributed by atoms with E-state index in [4.69, 9.17) is 9.72 Å². The molecule has 2 aromatic carbocycles. The van der Waals surface area contributed by atoms with Crippen molar-refractivity contribution in [1.29, 1.82) is 0 Å². The summed E-state index contributed by atoms with van der Waals surface area (Å²) in [5.41, 5.74) is 1.03. The molecule has 1 unspecified atom stereocenters. The largest absolute Gasteiger partial charge is 0.371 e. The van der Waals surface area contributed by atoms with Gasteiger partial charge in [-0.2, -0.15) is 0 Å². The molecule has 2 saturated carbocycles. The van der Waals surface area contributed by atoms with Crippen molar-refractivity contribution < 1.29 is 27.5 Å². The molecule has 7 rings (SSSR count). The number of sulfonamides is 1. The molecule has 3 heterocycles. The first-order valence-electron chi connectivity index (χ1n) is 19.2. The van der Waals surface area contributed by atoms with Crippen LogP contribution in [0.5, 0.6) is 0 Å². The SMILES string of the molecule is CC(C)(C)O[C@@H]1C[C@H]2C(=O)N[C@]3(C(=O)NS(=O)(=O)C4CC4)C[C@H]3/C=C\CCCCCC(CNc3nc(-c4ccccc4)c(-c4ccccc4)s3)C(=O)N2C1. The lowest BCUT2D eigenvalue weighted by Crippen LogP contribution is -2.57. The Morgan fingerprint density at radius 3 is 2.39 bits per heavy atom. The number of hydrogen-bond acceptors (Lipinski definition) is 9. The Kier molecular flexibility index (Phi) is 11.0. The predicted octanol–water partition coefficient (Wildman–Crippen LogP) is 6.29. The molecule has 2 aliphatic carbocycles. The van der Waals surface area contributed by atoms with Gasteiger partial charge in [-0.3, -0.25) is 19.1 Å². The van der Waals surface area contributed by atoms with Crippen molar-refractivity contribution in [1.82, 2.24) is 19.9 Å². The lowest BCUT2D eigenvalue weighted by molar-refractivity contribution is -0.142. The van der Waals surface area contributed by atoms with Crippen molar-refractivity contribution in [3.63, 3.8) is 0 Å². The lowest BCUT2D eigenvalue weighted by Gasteiger charge is -2.30. The minimum absolute atomic E-state index is 0.152. The second kappa shape index (κ2) is 15.6. The molecule has 1 saturated heterocycles. The van der Waals surface area contributed by atoms with Gasteiger partial charge in [0.25, 0.3) is 5.91 Å². The molecule has 5 atom stereocenters. The fourth-order valence-electron chi connectivity index (χ4n) is 7.66. The van der Waals surface area contributed by atoms with Gasteiger partial charge in [0.2, 0.25) is 21.8 Å². The molecule has 3 N–H and O–H groups in total. The van der Waals surface area contributed by atoms with E-state index < -0.39 is 56.3 Å². The summed E-state index contributed by atoms with van der Waals surface area (Å²) >= 11 is 1.55. The Labute approximate surface area is 322 Å². The highest BCUT2D eigenvalue weighted by Gasteiger charge is 2.62. The highest BCUT2D eigenvalue weighted by Crippen LogP contribution is 2.46. The summed E-state index contributed by atoms with van der Waals surface area (Å²) in [6.07, 6.45) is 9.20. The number of carbonyl (C=O) groups excluding carboxylic acids is 3. The maximum atomic E-state index is 14.7. The maximum absolute atomic E-state index is 14.7. The van der Waals surface area contributed by atoms with Gasteiger partial charge in [-0.25, -0.2) is 13.4 Å². The Morgan fingerprint density at radius 2 is 1.70 bits per heavy atom. The number of carbonyl (C=O) groups is 3. The number of fused-ring (bicyclic) bond motifs is 2. The summed E-state index contributed by atoms with van der Waals surface area (Å²) in [6, 6.07) is 19.3. The van der Waals surface area contributed by atoms with Gasteiger partial charge in [-0.05, 0) is 64.9 Å². The molecular weight excluding hydrogens is 723 g/mol. The van der Waals surface area contributed by atoms with Gasteiger partial charge >= 0.3 is 0 Å². The number of anilines is 1. The molecule has 3 amide bonds. The van der Waals surface area contributed by atoms with Crippen molar-refractivity contribution in [2.75, 3.05) is 18.4 Å². The fourth-order valence-corrected chi connectivity index (χ4v) is 10.0. The lowest BCUT2D eigenvalue weighted by atomic mass is 9.98. The van der Waals surface area contributed by atoms with Crippen molar-refractivity contribution in [3.8, 4) is 21.7 Å². The molecule has 1 aromatic heterocycles. The predicted molar refractivity (Wildman–Crippen MR) is 211 cm³/mol. The molecular formula is C41H51N5O6S2. The summed E-state index contributed by atoms with van der Waals surface area (Å²) < 4.78 is 34.2. The molecule has 0 spiro atoms. The summed E-state index contributed by atoms with van der Waals surface area (Å²) in [4.78, 5) is 50.4. The topological polar surface area (TPSA) is 147 Å². The monoisotopic (exact) mass is 773 g/mol. The Bertz CT molecular complexity index is 1920. The quantitative estimate of drug-likeness (QED) is 0.215. The van der Waals surface area contributed by atoms with Gasteiger partial charge < -0.3 is 20.3 Å². The van der Waals surface area contributed by atoms with Crippen LogP contribution in [-0.4, -0.2) is 77.6 Å². The maximum Gasteiger partial charge on any atom is 0.259 e. The van der Waals surface area contributed by atoms with Crippen LogP contribution in [0.4, 0.5) is 5.13 Å². The van der Waals surface area contributed by atoms with Gasteiger partial charge in [-0.15, -0.1) is 0 Å². The Hall–Kier alpha value is -4.07. The molecule has 0 bridgehead atoms. The van der Waals surface area contributed by atoms with Crippen LogP contribution in [0.2, 0.25) is 0 Å². The summed E-state index contributed by atoms with van der Waals surface area (Å²) in [5, 5.41) is 6.61. The summed E-state index contributed by atoms with van der Waals surface area (Å²) in [6.45, 7) is 6.40. The molecule has 4 aliphatic rings. The van der Waals surface area contributed by atoms with E-state index >= 15 is 0 Å². The van der Waals surface area contributed by atoms with Crippen LogP contribution in [0.1, 0.15) is 78.6 Å². The van der Waals surface area contributed by atoms with Crippen LogP contribution in [0.25, 0.3) is 21.7 Å². The molecule has 3 fully saturated rings. The highest BCUT2D eigenvalue weighted by atomic mass is 32.2. The van der Waals surface area contributed by atoms with Gasteiger partial charge in [-0.1, -0.05) is 97.0 Å². The third-order valence-electron chi connectivity index (χ3n) is 10.7. The molecule has 11 nitrogen and oxygen atoms in total. The van der Waals surface area contributed by atoms with Crippen LogP contribution in [0, 0.1) is 11.8 Å². The van der Waals surface area contributed by atoms with Gasteiger partial charge in [0, 0.05) is 31.0 Å². The number of allylic oxidation sites excluding steroid dienone is 1. The normalized spacial score (nSPS) is 27.1. The zero-order valence-corrected chi connectivity index (χ0v) is 32.9. The zero-order valence-electron chi connectivity index (χ0n) is 31.3. The smallest absolute Gasteiger partial charge is 0.259 e. The van der Waals surface area contributed by atoms with Gasteiger partial charge in [0.1, 0.15) is 11.6 Å². The zero-order chi connectivity index (χ0) is 38.1. The molecule has 2 aliphatic heterocycles. The first-order chi connectivity index (χ1) is 25.8. The van der Waals surface area contributed by atoms with Crippen LogP contribution in [0.15, 0.2) is 72.8 Å². The fraction of sp³-hybridized carbons (Fsp3) is 0.512. The van der Waals surface area contributed by atoms with E-state index in [0.717, 1.165) is 47.4 Å². The minimum atomic E-state index is -3.83. The number of rotatable bonds is 9. The summed E-state index contributed by atoms with van der Waals surface area (Å²) in [7, 11) is -3.83. The second-order valence-electron chi connectivity index (χ2n) is 16.1. The van der Waals surface area contributed by atoms with E-state index in [2.05, 4.69) is 27.5 Å². The van der Waals surface area contributed by atoms with Crippen molar-refractivity contribution in [2.45, 2.75) is 107 Å². The third kappa shape index (κ3) is 8.74. The minimum Gasteiger partial charge on any atom is -0.371 e. The van der Waals surface area contributed by atoms with Crippen LogP contribution < -0.4 is 15.4 Å². The molecule has 288 valence electrons. The number of nitrogens with zero attached hydrogens (tertiary/aromatic N) is 2. The molecule has 13 heteroatoms. The van der Waals surface area contributed by atoms with E-state index in [1.54, 1.807) is 16.2 Å². The number of hydrogen-bond donors (Lipinski definition) is 3. The average Bonchev–Trinajstić information content (AvgIpc) is 4.03. The van der Waals surface area contributed by atoms with Gasteiger partial charge in [0.15, 0.2) is 5.13 Å². The van der Waals surface area contributed by atoms with E-state index in [9.17, 15) is 22.8 Å². The van der Waals surface area contributed by atoms with Crippen LogP contribution in [-0.2, 0) is 29.1 Å². The van der Waals surface area contributed by atoms with E-state index in [1.165, 1.54) is 0 Å². The van der Waals surface area contributed by atoms with Crippen molar-refractivity contribution in [2.24, 2.45) is 11.8 Å². The summed E-state index contributed by atoms with van der Waals surface area (Å²) in [5.74, 6) is -2.13. The molecule has 0 radical (unpaired) electrons. The van der Waals surface area contributed by atoms with Crippen LogP contribution >= 0.6 is 11.3 Å². The number of ether oxygens (including phenoxy) is 1. The van der Waals surface area contributed by atoms with E-state index in [-0.39, 0.29) is 24.8 Å². The first-order valence-corrected chi connectivity index (χ1v) is 21.6. The highest BCUT2D eigenvalue weighted by molar-refractivity contribution is 7.91. The number of amides is 3.